The first-order chi connectivity index (χ1) is 9.41. The fraction of sp³-hybridized carbons (Fsp3) is 0.533. The van der Waals surface area contributed by atoms with Crippen LogP contribution < -0.4 is 5.32 Å². The number of carbonyl (C=O) groups is 1. The fourth-order valence-corrected chi connectivity index (χ4v) is 3.24. The molecule has 3 nitrogen and oxygen atoms in total. The Morgan fingerprint density at radius 3 is 2.55 bits per heavy atom. The number of likely N-dealkylation sites (N-methyl/N-ethyl adjacent to an activating group) is 1. The summed E-state index contributed by atoms with van der Waals surface area (Å²) in [4.78, 5) is 13.2. The van der Waals surface area contributed by atoms with Gasteiger partial charge in [0, 0.05) is 15.2 Å². The summed E-state index contributed by atoms with van der Waals surface area (Å²) in [6.45, 7) is 6.20. The number of thioether (sulfide) groups is 1. The molecular weight excluding hydrogens is 294 g/mol. The number of rotatable bonds is 7. The number of esters is 1. The van der Waals surface area contributed by atoms with Crippen molar-refractivity contribution >= 4 is 29.3 Å². The molecule has 0 saturated heterocycles. The molecule has 1 aromatic rings. The summed E-state index contributed by atoms with van der Waals surface area (Å²) in [5.41, 5.74) is -0.658. The van der Waals surface area contributed by atoms with Crippen LogP contribution in [0, 0.1) is 0 Å². The van der Waals surface area contributed by atoms with E-state index in [4.69, 9.17) is 16.3 Å². The first kappa shape index (κ1) is 17.3. The summed E-state index contributed by atoms with van der Waals surface area (Å²) in [6, 6.07) is 7.73. The van der Waals surface area contributed by atoms with E-state index >= 15 is 0 Å². The molecule has 0 fully saturated rings. The van der Waals surface area contributed by atoms with Crippen LogP contribution in [0.2, 0.25) is 5.02 Å². The Morgan fingerprint density at radius 1 is 1.45 bits per heavy atom. The van der Waals surface area contributed by atoms with Crippen molar-refractivity contribution in [1.29, 1.82) is 0 Å². The van der Waals surface area contributed by atoms with E-state index in [1.807, 2.05) is 38.1 Å². The predicted octanol–water partition coefficient (Wildman–Crippen LogP) is 3.75. The quantitative estimate of drug-likeness (QED) is 0.614. The van der Waals surface area contributed by atoms with Crippen LogP contribution >= 0.6 is 23.4 Å². The van der Waals surface area contributed by atoms with Crippen molar-refractivity contribution in [2.24, 2.45) is 0 Å². The van der Waals surface area contributed by atoms with E-state index in [1.165, 1.54) is 0 Å². The van der Waals surface area contributed by atoms with Crippen LogP contribution in [0.15, 0.2) is 29.2 Å². The van der Waals surface area contributed by atoms with E-state index in [9.17, 15) is 4.79 Å². The molecule has 112 valence electrons. The molecule has 0 aliphatic carbocycles. The molecule has 0 heterocycles. The molecule has 2 atom stereocenters. The molecule has 0 bridgehead atoms. The van der Waals surface area contributed by atoms with Gasteiger partial charge in [-0.1, -0.05) is 18.5 Å². The third-order valence-electron chi connectivity index (χ3n) is 3.12. The highest BCUT2D eigenvalue weighted by Crippen LogP contribution is 2.30. The molecule has 5 heteroatoms. The van der Waals surface area contributed by atoms with Gasteiger partial charge in [0.05, 0.1) is 6.61 Å². The van der Waals surface area contributed by atoms with Crippen LogP contribution in [0.25, 0.3) is 0 Å². The summed E-state index contributed by atoms with van der Waals surface area (Å²) in [5, 5.41) is 4.09. The molecular formula is C15H22ClNO2S. The van der Waals surface area contributed by atoms with Crippen molar-refractivity contribution in [2.75, 3.05) is 13.7 Å². The second-order valence-electron chi connectivity index (χ2n) is 4.89. The van der Waals surface area contributed by atoms with Gasteiger partial charge >= 0.3 is 5.97 Å². The number of ether oxygens (including phenoxy) is 1. The number of nitrogens with one attached hydrogen (secondary N) is 1. The van der Waals surface area contributed by atoms with E-state index in [0.717, 1.165) is 9.92 Å². The summed E-state index contributed by atoms with van der Waals surface area (Å²) >= 11 is 7.60. The molecule has 2 unspecified atom stereocenters. The van der Waals surface area contributed by atoms with Crippen molar-refractivity contribution in [3.8, 4) is 0 Å². The predicted molar refractivity (Wildman–Crippen MR) is 85.5 cm³/mol. The molecule has 0 saturated carbocycles. The maximum Gasteiger partial charge on any atom is 0.326 e. The minimum Gasteiger partial charge on any atom is -0.465 e. The summed E-state index contributed by atoms with van der Waals surface area (Å²) in [7, 11) is 1.79. The zero-order valence-electron chi connectivity index (χ0n) is 12.4. The van der Waals surface area contributed by atoms with Crippen LogP contribution in [0.4, 0.5) is 0 Å². The molecule has 0 radical (unpaired) electrons. The normalized spacial score (nSPS) is 15.4. The lowest BCUT2D eigenvalue weighted by Gasteiger charge is -2.29. The Kier molecular flexibility index (Phi) is 6.86. The first-order valence-corrected chi connectivity index (χ1v) is 7.95. The Labute approximate surface area is 130 Å². The number of hydrogen-bond acceptors (Lipinski definition) is 4. The molecule has 0 aromatic heterocycles. The average molecular weight is 316 g/mol. The monoisotopic (exact) mass is 315 g/mol. The maximum absolute atomic E-state index is 12.0. The lowest BCUT2D eigenvalue weighted by Crippen LogP contribution is -2.50. The topological polar surface area (TPSA) is 38.3 Å². The molecule has 1 rings (SSSR count). The van der Waals surface area contributed by atoms with Crippen molar-refractivity contribution in [3.05, 3.63) is 29.3 Å². The van der Waals surface area contributed by atoms with Crippen molar-refractivity contribution < 1.29 is 9.53 Å². The van der Waals surface area contributed by atoms with Crippen LogP contribution in [-0.2, 0) is 9.53 Å². The number of benzene rings is 1. The minimum atomic E-state index is -0.658. The van der Waals surface area contributed by atoms with Gasteiger partial charge in [0.2, 0.25) is 0 Å². The van der Waals surface area contributed by atoms with Gasteiger partial charge < -0.3 is 10.1 Å². The van der Waals surface area contributed by atoms with E-state index < -0.39 is 5.54 Å². The number of carbonyl (C=O) groups excluding carboxylic acids is 1. The second kappa shape index (κ2) is 7.91. The minimum absolute atomic E-state index is 0.203. The lowest BCUT2D eigenvalue weighted by atomic mass is 9.96. The van der Waals surface area contributed by atoms with Gasteiger partial charge in [-0.3, -0.25) is 4.79 Å². The molecule has 1 N–H and O–H groups in total. The Balaban J connectivity index is 2.65. The standard InChI is InChI=1S/C15H22ClNO2S/c1-5-19-14(18)15(3,17-4)10-11(2)20-13-8-6-12(16)7-9-13/h6-9,11,17H,5,10H2,1-4H3. The van der Waals surface area contributed by atoms with Crippen LogP contribution in [0.3, 0.4) is 0 Å². The second-order valence-corrected chi connectivity index (χ2v) is 6.84. The Morgan fingerprint density at radius 2 is 2.05 bits per heavy atom. The third-order valence-corrected chi connectivity index (χ3v) is 4.49. The summed E-state index contributed by atoms with van der Waals surface area (Å²) < 4.78 is 5.14. The fourth-order valence-electron chi connectivity index (χ4n) is 1.94. The van der Waals surface area contributed by atoms with Crippen molar-refractivity contribution in [1.82, 2.24) is 5.32 Å². The smallest absolute Gasteiger partial charge is 0.326 e. The van der Waals surface area contributed by atoms with Crippen molar-refractivity contribution in [2.45, 2.75) is 42.9 Å². The zero-order valence-corrected chi connectivity index (χ0v) is 14.0. The van der Waals surface area contributed by atoms with Gasteiger partial charge in [-0.2, -0.15) is 0 Å². The molecule has 0 spiro atoms. The molecule has 0 aliphatic heterocycles. The summed E-state index contributed by atoms with van der Waals surface area (Å²) in [5.74, 6) is -0.203. The van der Waals surface area contributed by atoms with E-state index in [-0.39, 0.29) is 11.2 Å². The number of halogens is 1. The van der Waals surface area contributed by atoms with Gasteiger partial charge in [-0.25, -0.2) is 0 Å². The highest BCUT2D eigenvalue weighted by Gasteiger charge is 2.34. The summed E-state index contributed by atoms with van der Waals surface area (Å²) in [6.07, 6.45) is 0.690. The van der Waals surface area contributed by atoms with E-state index in [2.05, 4.69) is 12.2 Å². The highest BCUT2D eigenvalue weighted by atomic mass is 35.5. The third kappa shape index (κ3) is 5.00. The first-order valence-electron chi connectivity index (χ1n) is 6.69. The van der Waals surface area contributed by atoms with Gasteiger partial charge in [-0.15, -0.1) is 11.8 Å². The SMILES string of the molecule is CCOC(=O)C(C)(CC(C)Sc1ccc(Cl)cc1)NC. The lowest BCUT2D eigenvalue weighted by molar-refractivity contribution is -0.150. The van der Waals surface area contributed by atoms with Gasteiger partial charge in [0.25, 0.3) is 0 Å². The largest absolute Gasteiger partial charge is 0.465 e. The van der Waals surface area contributed by atoms with E-state index in [1.54, 1.807) is 18.8 Å². The highest BCUT2D eigenvalue weighted by molar-refractivity contribution is 7.99. The zero-order chi connectivity index (χ0) is 15.2. The number of hydrogen-bond donors (Lipinski definition) is 1. The molecule has 1 aromatic carbocycles. The van der Waals surface area contributed by atoms with Crippen LogP contribution in [0.5, 0.6) is 0 Å². The van der Waals surface area contributed by atoms with Gasteiger partial charge in [-0.05, 0) is 51.6 Å². The van der Waals surface area contributed by atoms with Crippen LogP contribution in [-0.4, -0.2) is 30.4 Å². The van der Waals surface area contributed by atoms with E-state index in [0.29, 0.717) is 13.0 Å². The van der Waals surface area contributed by atoms with Crippen molar-refractivity contribution in [3.63, 3.8) is 0 Å². The Bertz CT molecular complexity index is 438. The molecule has 0 aliphatic rings. The van der Waals surface area contributed by atoms with Gasteiger partial charge in [0.15, 0.2) is 0 Å². The average Bonchev–Trinajstić information content (AvgIpc) is 2.41. The molecule has 0 amide bonds. The molecule has 20 heavy (non-hydrogen) atoms. The Hall–Kier alpha value is -0.710. The van der Waals surface area contributed by atoms with Crippen LogP contribution in [0.1, 0.15) is 27.2 Å². The maximum atomic E-state index is 12.0. The van der Waals surface area contributed by atoms with Gasteiger partial charge in [0.1, 0.15) is 5.54 Å².